The van der Waals surface area contributed by atoms with Gasteiger partial charge in [-0.15, -0.1) is 0 Å². The van der Waals surface area contributed by atoms with Gasteiger partial charge in [0.15, 0.2) is 0 Å². The Hall–Kier alpha value is -2.69. The van der Waals surface area contributed by atoms with Gasteiger partial charge in [-0.3, -0.25) is 24.0 Å². The van der Waals surface area contributed by atoms with E-state index in [0.717, 1.165) is 0 Å². The maximum atomic E-state index is 12.8. The van der Waals surface area contributed by atoms with Crippen molar-refractivity contribution < 1.29 is 34.2 Å². The smallest absolute Gasteiger partial charge is 0.322 e. The maximum absolute atomic E-state index is 12.8. The predicted octanol–water partition coefficient (Wildman–Crippen LogP) is -0.949. The minimum absolute atomic E-state index is 0.296. The average Bonchev–Trinajstić information content (AvgIpc) is 2.65. The Balaban J connectivity index is 5.37. The second-order valence-corrected chi connectivity index (χ2v) is 7.06. The van der Waals surface area contributed by atoms with Crippen LogP contribution in [0.5, 0.6) is 0 Å². The zero-order valence-electron chi connectivity index (χ0n) is 17.2. The molecule has 0 bridgehead atoms. The summed E-state index contributed by atoms with van der Waals surface area (Å²) in [6, 6.07) is -3.36. The van der Waals surface area contributed by atoms with Gasteiger partial charge in [-0.05, 0) is 11.8 Å². The zero-order chi connectivity index (χ0) is 22.7. The van der Waals surface area contributed by atoms with E-state index in [1.54, 1.807) is 20.8 Å². The summed E-state index contributed by atoms with van der Waals surface area (Å²) in [6.45, 7) is 6.48. The third-order valence-electron chi connectivity index (χ3n) is 4.73. The van der Waals surface area contributed by atoms with Crippen LogP contribution in [-0.4, -0.2) is 64.5 Å². The lowest BCUT2D eigenvalue weighted by Gasteiger charge is -2.29. The zero-order valence-corrected chi connectivity index (χ0v) is 17.2. The largest absolute Gasteiger partial charge is 0.481 e. The van der Waals surface area contributed by atoms with Crippen molar-refractivity contribution in [2.24, 2.45) is 17.6 Å². The SMILES string of the molecule is CCC(C)C(NC(=O)C(N)CC(=O)O)C(=O)NC(C(=O)NCC(=O)O)C(C)CC. The Kier molecular flexibility index (Phi) is 11.5. The third kappa shape index (κ3) is 9.37. The van der Waals surface area contributed by atoms with Crippen molar-refractivity contribution in [3.63, 3.8) is 0 Å². The molecule has 0 saturated carbocycles. The Morgan fingerprint density at radius 3 is 1.66 bits per heavy atom. The molecular formula is C18H32N4O7. The molecular weight excluding hydrogens is 384 g/mol. The van der Waals surface area contributed by atoms with E-state index in [-0.39, 0.29) is 11.8 Å². The summed E-state index contributed by atoms with van der Waals surface area (Å²) < 4.78 is 0. The maximum Gasteiger partial charge on any atom is 0.322 e. The van der Waals surface area contributed by atoms with Crippen LogP contribution in [0.15, 0.2) is 0 Å². The van der Waals surface area contributed by atoms with Gasteiger partial charge >= 0.3 is 11.9 Å². The number of hydrogen-bond acceptors (Lipinski definition) is 6. The lowest BCUT2D eigenvalue weighted by molar-refractivity contribution is -0.140. The van der Waals surface area contributed by atoms with Gasteiger partial charge in [0.1, 0.15) is 18.6 Å². The monoisotopic (exact) mass is 416 g/mol. The molecule has 0 aliphatic carbocycles. The molecule has 0 spiro atoms. The number of nitrogens with one attached hydrogen (secondary N) is 3. The van der Waals surface area contributed by atoms with Gasteiger partial charge in [0.05, 0.1) is 12.5 Å². The highest BCUT2D eigenvalue weighted by molar-refractivity contribution is 5.94. The molecule has 0 aliphatic rings. The van der Waals surface area contributed by atoms with E-state index in [1.165, 1.54) is 0 Å². The number of carboxylic acid groups (broad SMARTS) is 2. The van der Waals surface area contributed by atoms with Crippen LogP contribution in [0.25, 0.3) is 0 Å². The van der Waals surface area contributed by atoms with Gasteiger partial charge in [0.2, 0.25) is 17.7 Å². The summed E-state index contributed by atoms with van der Waals surface area (Å²) in [5.41, 5.74) is 5.55. The van der Waals surface area contributed by atoms with Crippen molar-refractivity contribution in [2.45, 2.75) is 65.1 Å². The number of aliphatic carboxylic acids is 2. The van der Waals surface area contributed by atoms with Crippen molar-refractivity contribution in [1.82, 2.24) is 16.0 Å². The molecule has 0 saturated heterocycles. The topological polar surface area (TPSA) is 188 Å². The van der Waals surface area contributed by atoms with Crippen molar-refractivity contribution in [3.8, 4) is 0 Å². The Morgan fingerprint density at radius 2 is 1.24 bits per heavy atom. The molecule has 11 nitrogen and oxygen atoms in total. The molecule has 7 N–H and O–H groups in total. The van der Waals surface area contributed by atoms with Gasteiger partial charge in [0, 0.05) is 0 Å². The first-order valence-electron chi connectivity index (χ1n) is 9.52. The van der Waals surface area contributed by atoms with Gasteiger partial charge in [-0.2, -0.15) is 0 Å². The highest BCUT2D eigenvalue weighted by Crippen LogP contribution is 2.12. The molecule has 29 heavy (non-hydrogen) atoms. The first-order valence-corrected chi connectivity index (χ1v) is 9.52. The molecule has 11 heteroatoms. The molecule has 3 amide bonds. The quantitative estimate of drug-likeness (QED) is 0.221. The Morgan fingerprint density at radius 1 is 0.793 bits per heavy atom. The van der Waals surface area contributed by atoms with E-state index in [9.17, 15) is 24.0 Å². The van der Waals surface area contributed by atoms with E-state index in [2.05, 4.69) is 16.0 Å². The number of hydrogen-bond donors (Lipinski definition) is 6. The van der Waals surface area contributed by atoms with Crippen LogP contribution >= 0.6 is 0 Å². The number of amides is 3. The Bertz CT molecular complexity index is 611. The molecule has 0 aromatic carbocycles. The first-order chi connectivity index (χ1) is 13.4. The first kappa shape index (κ1) is 26.3. The standard InChI is InChI=1S/C18H32N4O7/c1-5-9(3)14(17(28)20-8-13(25)26)22-18(29)15(10(4)6-2)21-16(27)11(19)7-12(23)24/h9-11,14-15H,5-8,19H2,1-4H3,(H,20,28)(H,21,27)(H,22,29)(H,23,24)(H,25,26). The fraction of sp³-hybridized carbons (Fsp3) is 0.722. The summed E-state index contributed by atoms with van der Waals surface area (Å²) in [5.74, 6) is -5.15. The number of rotatable bonds is 13. The molecule has 0 heterocycles. The predicted molar refractivity (Wildman–Crippen MR) is 104 cm³/mol. The molecule has 0 rings (SSSR count). The highest BCUT2D eigenvalue weighted by Gasteiger charge is 2.33. The minimum Gasteiger partial charge on any atom is -0.481 e. The molecule has 0 aromatic rings. The summed E-state index contributed by atoms with van der Waals surface area (Å²) >= 11 is 0. The fourth-order valence-corrected chi connectivity index (χ4v) is 2.46. The normalized spacial score (nSPS) is 15.9. The van der Waals surface area contributed by atoms with Crippen molar-refractivity contribution in [1.29, 1.82) is 0 Å². The summed E-state index contributed by atoms with van der Waals surface area (Å²) in [4.78, 5) is 58.7. The van der Waals surface area contributed by atoms with E-state index < -0.39 is 60.8 Å². The van der Waals surface area contributed by atoms with Gasteiger partial charge in [-0.1, -0.05) is 40.5 Å². The average molecular weight is 416 g/mol. The summed E-state index contributed by atoms with van der Waals surface area (Å²) in [5, 5.41) is 24.8. The third-order valence-corrected chi connectivity index (χ3v) is 4.73. The highest BCUT2D eigenvalue weighted by atomic mass is 16.4. The van der Waals surface area contributed by atoms with E-state index in [1.807, 2.05) is 6.92 Å². The molecule has 0 aliphatic heterocycles. The number of carbonyl (C=O) groups is 5. The van der Waals surface area contributed by atoms with Crippen LogP contribution < -0.4 is 21.7 Å². The lowest BCUT2D eigenvalue weighted by Crippen LogP contribution is -2.59. The van der Waals surface area contributed by atoms with Crippen molar-refractivity contribution in [3.05, 3.63) is 0 Å². The minimum atomic E-state index is -1.32. The number of nitrogens with two attached hydrogens (primary N) is 1. The van der Waals surface area contributed by atoms with E-state index in [0.29, 0.717) is 12.8 Å². The van der Waals surface area contributed by atoms with Crippen molar-refractivity contribution >= 4 is 29.7 Å². The number of carboxylic acids is 2. The van der Waals surface area contributed by atoms with E-state index >= 15 is 0 Å². The fourth-order valence-electron chi connectivity index (χ4n) is 2.46. The lowest BCUT2D eigenvalue weighted by atomic mass is 9.94. The van der Waals surface area contributed by atoms with Crippen LogP contribution in [0.1, 0.15) is 47.0 Å². The number of carbonyl (C=O) groups excluding carboxylic acids is 3. The van der Waals surface area contributed by atoms with E-state index in [4.69, 9.17) is 15.9 Å². The molecule has 0 radical (unpaired) electrons. The van der Waals surface area contributed by atoms with Crippen LogP contribution in [0.3, 0.4) is 0 Å². The van der Waals surface area contributed by atoms with Crippen LogP contribution in [-0.2, 0) is 24.0 Å². The molecule has 166 valence electrons. The second-order valence-electron chi connectivity index (χ2n) is 7.06. The Labute approximate surface area is 169 Å². The van der Waals surface area contributed by atoms with Gasteiger partial charge in [0.25, 0.3) is 0 Å². The molecule has 0 fully saturated rings. The molecule has 0 aromatic heterocycles. The van der Waals surface area contributed by atoms with Crippen LogP contribution in [0, 0.1) is 11.8 Å². The van der Waals surface area contributed by atoms with Gasteiger partial charge in [-0.25, -0.2) is 0 Å². The summed E-state index contributed by atoms with van der Waals surface area (Å²) in [7, 11) is 0. The van der Waals surface area contributed by atoms with Gasteiger partial charge < -0.3 is 31.9 Å². The van der Waals surface area contributed by atoms with Crippen LogP contribution in [0.2, 0.25) is 0 Å². The van der Waals surface area contributed by atoms with Crippen LogP contribution in [0.4, 0.5) is 0 Å². The second kappa shape index (κ2) is 12.7. The summed E-state index contributed by atoms with van der Waals surface area (Å²) in [6.07, 6.45) is 0.467. The molecule has 5 atom stereocenters. The molecule has 5 unspecified atom stereocenters. The van der Waals surface area contributed by atoms with Crippen molar-refractivity contribution in [2.75, 3.05) is 6.54 Å².